The molecular weight excluding hydrogens is 216 g/mol. The molecule has 0 saturated heterocycles. The van der Waals surface area contributed by atoms with E-state index in [9.17, 15) is 4.79 Å². The molecule has 1 N–H and O–H groups in total. The molecule has 0 spiro atoms. The maximum absolute atomic E-state index is 10.8. The smallest absolute Gasteiger partial charge is 0.217 e. The minimum absolute atomic E-state index is 0.0421. The Kier molecular flexibility index (Phi) is 3.18. The number of hydrogen-bond acceptors (Lipinski definition) is 3. The van der Waals surface area contributed by atoms with Crippen molar-refractivity contribution in [2.45, 2.75) is 20.4 Å². The number of aromatic nitrogens is 3. The van der Waals surface area contributed by atoms with Crippen LogP contribution in [0.5, 0.6) is 0 Å². The highest BCUT2D eigenvalue weighted by molar-refractivity contribution is 5.72. The second kappa shape index (κ2) is 4.78. The van der Waals surface area contributed by atoms with Gasteiger partial charge in [-0.3, -0.25) is 9.36 Å². The molecule has 0 aromatic carbocycles. The van der Waals surface area contributed by atoms with Crippen LogP contribution in [0.1, 0.15) is 18.3 Å². The van der Waals surface area contributed by atoms with Gasteiger partial charge in [-0.25, -0.2) is 9.97 Å². The summed E-state index contributed by atoms with van der Waals surface area (Å²) in [5.41, 5.74) is 0.974. The van der Waals surface area contributed by atoms with Gasteiger partial charge < -0.3 is 5.32 Å². The maximum atomic E-state index is 10.8. The van der Waals surface area contributed by atoms with Gasteiger partial charge in [0.15, 0.2) is 0 Å². The number of pyridine rings is 1. The molecule has 0 aliphatic rings. The Morgan fingerprint density at radius 2 is 2.24 bits per heavy atom. The van der Waals surface area contributed by atoms with Crippen LogP contribution < -0.4 is 5.32 Å². The zero-order valence-corrected chi connectivity index (χ0v) is 9.84. The third-order valence-electron chi connectivity index (χ3n) is 2.42. The number of hydrogen-bond donors (Lipinski definition) is 1. The first-order valence-corrected chi connectivity index (χ1v) is 5.36. The lowest BCUT2D eigenvalue weighted by Crippen LogP contribution is -2.19. The molecule has 0 bridgehead atoms. The molecule has 0 aliphatic heterocycles. The zero-order valence-electron chi connectivity index (χ0n) is 9.84. The molecule has 0 unspecified atom stereocenters. The van der Waals surface area contributed by atoms with Crippen molar-refractivity contribution in [3.05, 3.63) is 42.1 Å². The molecule has 2 aromatic rings. The van der Waals surface area contributed by atoms with E-state index in [0.29, 0.717) is 6.54 Å². The SMILES string of the molecule is CC(=O)NCc1ccc(-n2ccnc2C)nc1. The molecule has 2 rings (SSSR count). The highest BCUT2D eigenvalue weighted by atomic mass is 16.1. The molecule has 88 valence electrons. The second-order valence-corrected chi connectivity index (χ2v) is 3.78. The minimum atomic E-state index is -0.0421. The monoisotopic (exact) mass is 230 g/mol. The van der Waals surface area contributed by atoms with Gasteiger partial charge >= 0.3 is 0 Å². The first-order valence-electron chi connectivity index (χ1n) is 5.36. The van der Waals surface area contributed by atoms with Gasteiger partial charge in [-0.05, 0) is 18.6 Å². The molecule has 0 fully saturated rings. The molecule has 0 saturated carbocycles. The summed E-state index contributed by atoms with van der Waals surface area (Å²) in [7, 11) is 0. The standard InChI is InChI=1S/C12H14N4O/c1-9-13-5-6-16(9)12-4-3-11(8-15-12)7-14-10(2)17/h3-6,8H,7H2,1-2H3,(H,14,17). The Hall–Kier alpha value is -2.17. The summed E-state index contributed by atoms with van der Waals surface area (Å²) in [5, 5.41) is 2.73. The lowest BCUT2D eigenvalue weighted by atomic mass is 10.3. The largest absolute Gasteiger partial charge is 0.352 e. The van der Waals surface area contributed by atoms with E-state index in [1.165, 1.54) is 6.92 Å². The van der Waals surface area contributed by atoms with Crippen molar-refractivity contribution in [3.8, 4) is 5.82 Å². The molecule has 2 aromatic heterocycles. The molecule has 5 heteroatoms. The fraction of sp³-hybridized carbons (Fsp3) is 0.250. The summed E-state index contributed by atoms with van der Waals surface area (Å²) in [4.78, 5) is 19.2. The van der Waals surface area contributed by atoms with Crippen LogP contribution in [0.4, 0.5) is 0 Å². The summed E-state index contributed by atoms with van der Waals surface area (Å²) in [6.45, 7) is 3.93. The van der Waals surface area contributed by atoms with Gasteiger partial charge in [-0.1, -0.05) is 6.07 Å². The summed E-state index contributed by atoms with van der Waals surface area (Å²) in [5.74, 6) is 1.68. The van der Waals surface area contributed by atoms with Gasteiger partial charge in [0.1, 0.15) is 11.6 Å². The molecule has 0 radical (unpaired) electrons. The highest BCUT2D eigenvalue weighted by Gasteiger charge is 2.01. The quantitative estimate of drug-likeness (QED) is 0.862. The number of carbonyl (C=O) groups is 1. The number of carbonyl (C=O) groups excluding carboxylic acids is 1. The van der Waals surface area contributed by atoms with Crippen LogP contribution in [0.25, 0.3) is 5.82 Å². The number of nitrogens with zero attached hydrogens (tertiary/aromatic N) is 3. The Balaban J connectivity index is 2.13. The number of rotatable bonds is 3. The normalized spacial score (nSPS) is 10.2. The molecule has 2 heterocycles. The van der Waals surface area contributed by atoms with E-state index in [0.717, 1.165) is 17.2 Å². The molecule has 1 amide bonds. The van der Waals surface area contributed by atoms with E-state index in [1.54, 1.807) is 12.4 Å². The van der Waals surface area contributed by atoms with Gasteiger partial charge in [0, 0.05) is 32.1 Å². The highest BCUT2D eigenvalue weighted by Crippen LogP contribution is 2.08. The topological polar surface area (TPSA) is 59.8 Å². The van der Waals surface area contributed by atoms with E-state index in [4.69, 9.17) is 0 Å². The van der Waals surface area contributed by atoms with Crippen molar-refractivity contribution < 1.29 is 4.79 Å². The van der Waals surface area contributed by atoms with Crippen molar-refractivity contribution >= 4 is 5.91 Å². The number of amides is 1. The Morgan fingerprint density at radius 3 is 2.76 bits per heavy atom. The van der Waals surface area contributed by atoms with Crippen LogP contribution in [0.2, 0.25) is 0 Å². The van der Waals surface area contributed by atoms with Crippen LogP contribution in [0.15, 0.2) is 30.7 Å². The van der Waals surface area contributed by atoms with Crippen LogP contribution in [0.3, 0.4) is 0 Å². The lowest BCUT2D eigenvalue weighted by molar-refractivity contribution is -0.119. The fourth-order valence-corrected chi connectivity index (χ4v) is 1.51. The average Bonchev–Trinajstić information content (AvgIpc) is 2.73. The van der Waals surface area contributed by atoms with Crippen molar-refractivity contribution in [3.63, 3.8) is 0 Å². The first kappa shape index (κ1) is 11.3. The Bertz CT molecular complexity index is 516. The Morgan fingerprint density at radius 1 is 1.41 bits per heavy atom. The van der Waals surface area contributed by atoms with E-state index < -0.39 is 0 Å². The summed E-state index contributed by atoms with van der Waals surface area (Å²) in [6.07, 6.45) is 5.36. The van der Waals surface area contributed by atoms with Crippen molar-refractivity contribution in [1.82, 2.24) is 19.9 Å². The Labute approximate surface area is 99.5 Å². The van der Waals surface area contributed by atoms with Crippen LogP contribution in [-0.2, 0) is 11.3 Å². The minimum Gasteiger partial charge on any atom is -0.352 e. The van der Waals surface area contributed by atoms with Gasteiger partial charge in [-0.15, -0.1) is 0 Å². The summed E-state index contributed by atoms with van der Waals surface area (Å²) < 4.78 is 1.90. The van der Waals surface area contributed by atoms with Crippen LogP contribution in [0, 0.1) is 6.92 Å². The molecular formula is C12H14N4O. The van der Waals surface area contributed by atoms with Gasteiger partial charge in [-0.2, -0.15) is 0 Å². The van der Waals surface area contributed by atoms with Crippen molar-refractivity contribution in [2.24, 2.45) is 0 Å². The number of nitrogens with one attached hydrogen (secondary N) is 1. The van der Waals surface area contributed by atoms with Crippen molar-refractivity contribution in [1.29, 1.82) is 0 Å². The van der Waals surface area contributed by atoms with E-state index in [2.05, 4.69) is 15.3 Å². The predicted octanol–water partition coefficient (Wildman–Crippen LogP) is 1.21. The fourth-order valence-electron chi connectivity index (χ4n) is 1.51. The van der Waals surface area contributed by atoms with Gasteiger partial charge in [0.05, 0.1) is 0 Å². The summed E-state index contributed by atoms with van der Waals surface area (Å²) in [6, 6.07) is 3.85. The van der Waals surface area contributed by atoms with E-state index in [-0.39, 0.29) is 5.91 Å². The molecule has 0 aliphatic carbocycles. The van der Waals surface area contributed by atoms with E-state index in [1.807, 2.05) is 29.8 Å². The maximum Gasteiger partial charge on any atom is 0.217 e. The first-order chi connectivity index (χ1) is 8.16. The number of imidazole rings is 1. The molecule has 0 atom stereocenters. The third-order valence-corrected chi connectivity index (χ3v) is 2.42. The number of aryl methyl sites for hydroxylation is 1. The van der Waals surface area contributed by atoms with Crippen LogP contribution in [-0.4, -0.2) is 20.4 Å². The zero-order chi connectivity index (χ0) is 12.3. The van der Waals surface area contributed by atoms with Crippen molar-refractivity contribution in [2.75, 3.05) is 0 Å². The average molecular weight is 230 g/mol. The van der Waals surface area contributed by atoms with Gasteiger partial charge in [0.25, 0.3) is 0 Å². The third kappa shape index (κ3) is 2.69. The second-order valence-electron chi connectivity index (χ2n) is 3.78. The summed E-state index contributed by atoms with van der Waals surface area (Å²) >= 11 is 0. The lowest BCUT2D eigenvalue weighted by Gasteiger charge is -2.06. The van der Waals surface area contributed by atoms with Crippen LogP contribution >= 0.6 is 0 Å². The molecule has 17 heavy (non-hydrogen) atoms. The van der Waals surface area contributed by atoms with Gasteiger partial charge in [0.2, 0.25) is 5.91 Å². The predicted molar refractivity (Wildman–Crippen MR) is 63.6 cm³/mol. The molecule has 5 nitrogen and oxygen atoms in total. The van der Waals surface area contributed by atoms with E-state index >= 15 is 0 Å².